The van der Waals surface area contributed by atoms with Crippen LogP contribution in [-0.4, -0.2) is 30.7 Å². The Balaban J connectivity index is 1.85. The van der Waals surface area contributed by atoms with E-state index in [4.69, 9.17) is 9.16 Å². The van der Waals surface area contributed by atoms with Gasteiger partial charge in [0.05, 0.1) is 11.9 Å². The largest absolute Gasteiger partial charge is 0.512 e. The number of aliphatic hydroxyl groups is 1. The predicted molar refractivity (Wildman–Crippen MR) is 117 cm³/mol. The SMILES string of the molecule is CC1=C(O)[C@@H]2C[C@]34CCCC[C@]3(O4)[C@H](O[Si](C)(C)C(C)(C)C)[C@H](C=C1)C2(C)C. The first-order valence-corrected chi connectivity index (χ1v) is 14.1. The van der Waals surface area contributed by atoms with Crippen molar-refractivity contribution in [3.8, 4) is 0 Å². The fourth-order valence-corrected chi connectivity index (χ4v) is 7.34. The zero-order valence-corrected chi connectivity index (χ0v) is 20.2. The highest BCUT2D eigenvalue weighted by atomic mass is 28.4. The summed E-state index contributed by atoms with van der Waals surface area (Å²) < 4.78 is 14.0. The maximum Gasteiger partial charge on any atom is 0.192 e. The molecule has 28 heavy (non-hydrogen) atoms. The molecule has 0 radical (unpaired) electrons. The van der Waals surface area contributed by atoms with Gasteiger partial charge in [0.15, 0.2) is 8.32 Å². The molecule has 2 bridgehead atoms. The Kier molecular flexibility index (Phi) is 4.42. The molecule has 1 aliphatic heterocycles. The van der Waals surface area contributed by atoms with E-state index in [1.54, 1.807) is 0 Å². The van der Waals surface area contributed by atoms with E-state index in [-0.39, 0.29) is 39.6 Å². The molecule has 4 rings (SSSR count). The smallest absolute Gasteiger partial charge is 0.192 e. The Morgan fingerprint density at radius 3 is 2.46 bits per heavy atom. The maximum atomic E-state index is 11.1. The van der Waals surface area contributed by atoms with Gasteiger partial charge in [0.2, 0.25) is 0 Å². The second kappa shape index (κ2) is 5.98. The molecule has 4 heteroatoms. The summed E-state index contributed by atoms with van der Waals surface area (Å²) in [7, 11) is -1.97. The monoisotopic (exact) mass is 404 g/mol. The minimum atomic E-state index is -1.97. The lowest BCUT2D eigenvalue weighted by Gasteiger charge is -2.47. The highest BCUT2D eigenvalue weighted by molar-refractivity contribution is 6.74. The number of fused-ring (bicyclic) bond motifs is 2. The molecule has 1 N–H and O–H groups in total. The number of rotatable bonds is 2. The van der Waals surface area contributed by atoms with Crippen LogP contribution in [0.5, 0.6) is 0 Å². The van der Waals surface area contributed by atoms with Crippen molar-refractivity contribution in [2.45, 2.75) is 109 Å². The summed E-state index contributed by atoms with van der Waals surface area (Å²) in [5.74, 6) is 0.940. The topological polar surface area (TPSA) is 42.0 Å². The average molecular weight is 405 g/mol. The molecule has 0 aromatic heterocycles. The Labute approximate surface area is 172 Å². The van der Waals surface area contributed by atoms with Crippen LogP contribution >= 0.6 is 0 Å². The van der Waals surface area contributed by atoms with Crippen molar-refractivity contribution in [2.75, 3.05) is 0 Å². The van der Waals surface area contributed by atoms with E-state index < -0.39 is 8.32 Å². The van der Waals surface area contributed by atoms with E-state index in [1.165, 1.54) is 12.8 Å². The van der Waals surface area contributed by atoms with Gasteiger partial charge in [-0.2, -0.15) is 0 Å². The summed E-state index contributed by atoms with van der Waals surface area (Å²) in [5, 5.41) is 11.3. The second-order valence-electron chi connectivity index (χ2n) is 12.0. The van der Waals surface area contributed by atoms with Crippen molar-refractivity contribution in [1.29, 1.82) is 0 Å². The fraction of sp³-hybridized carbons (Fsp3) is 0.833. The van der Waals surface area contributed by atoms with Gasteiger partial charge in [-0.25, -0.2) is 0 Å². The predicted octanol–water partition coefficient (Wildman–Crippen LogP) is 6.52. The number of hydrogen-bond donors (Lipinski definition) is 1. The average Bonchev–Trinajstić information content (AvgIpc) is 3.27. The Hall–Kier alpha value is -0.583. The quantitative estimate of drug-likeness (QED) is 0.420. The Bertz CT molecular complexity index is 729. The van der Waals surface area contributed by atoms with Crippen molar-refractivity contribution in [1.82, 2.24) is 0 Å². The van der Waals surface area contributed by atoms with Crippen molar-refractivity contribution < 1.29 is 14.3 Å². The Morgan fingerprint density at radius 2 is 1.82 bits per heavy atom. The van der Waals surface area contributed by atoms with Gasteiger partial charge in [-0.15, -0.1) is 0 Å². The van der Waals surface area contributed by atoms with Gasteiger partial charge in [-0.3, -0.25) is 0 Å². The van der Waals surface area contributed by atoms with Gasteiger partial charge < -0.3 is 14.3 Å². The van der Waals surface area contributed by atoms with Crippen LogP contribution in [-0.2, 0) is 9.16 Å². The first-order valence-electron chi connectivity index (χ1n) is 11.2. The van der Waals surface area contributed by atoms with Crippen molar-refractivity contribution >= 4 is 8.32 Å². The molecule has 1 saturated heterocycles. The molecular formula is C24H40O3Si. The standard InChI is InChI=1S/C24H40O3Si/c1-16-11-12-17-20(26-28(7,8)21(2,3)4)24-14-10-9-13-23(24,27-24)15-18(19(16)25)22(17,5)6/h11-12,17-18,20,25H,9-10,13-15H2,1-8H3/t17-,18-,20+,23+,24-/m0/s1. The summed E-state index contributed by atoms with van der Waals surface area (Å²) in [6.45, 7) is 18.4. The van der Waals surface area contributed by atoms with E-state index in [0.717, 1.165) is 24.8 Å². The van der Waals surface area contributed by atoms with Crippen LogP contribution in [0.1, 0.15) is 73.6 Å². The number of hydrogen-bond acceptors (Lipinski definition) is 3. The molecule has 0 amide bonds. The maximum absolute atomic E-state index is 11.1. The Morgan fingerprint density at radius 1 is 1.18 bits per heavy atom. The van der Waals surface area contributed by atoms with Crippen LogP contribution in [0.25, 0.3) is 0 Å². The summed E-state index contributed by atoms with van der Waals surface area (Å²) in [4.78, 5) is 0. The second-order valence-corrected chi connectivity index (χ2v) is 16.8. The van der Waals surface area contributed by atoms with Gasteiger partial charge in [0, 0.05) is 11.8 Å². The number of epoxide rings is 1. The molecular weight excluding hydrogens is 364 g/mol. The van der Waals surface area contributed by atoms with Gasteiger partial charge in [-0.1, -0.05) is 59.6 Å². The summed E-state index contributed by atoms with van der Waals surface area (Å²) in [5.41, 5.74) is 0.681. The fourth-order valence-electron chi connectivity index (χ4n) is 6.01. The highest BCUT2D eigenvalue weighted by Crippen LogP contribution is 2.70. The molecule has 0 unspecified atom stereocenters. The minimum absolute atomic E-state index is 0.0630. The van der Waals surface area contributed by atoms with E-state index >= 15 is 0 Å². The summed E-state index contributed by atoms with van der Waals surface area (Å²) in [6.07, 6.45) is 10.1. The molecule has 3 fully saturated rings. The van der Waals surface area contributed by atoms with Crippen LogP contribution in [0.3, 0.4) is 0 Å². The molecule has 5 atom stereocenters. The van der Waals surface area contributed by atoms with Crippen LogP contribution in [0, 0.1) is 17.3 Å². The first-order chi connectivity index (χ1) is 12.8. The molecule has 4 aliphatic rings. The third-order valence-corrected chi connectivity index (χ3v) is 13.5. The van der Waals surface area contributed by atoms with E-state index in [0.29, 0.717) is 5.76 Å². The van der Waals surface area contributed by atoms with Crippen LogP contribution in [0.4, 0.5) is 0 Å². The lowest BCUT2D eigenvalue weighted by atomic mass is 9.66. The molecule has 3 aliphatic carbocycles. The lowest BCUT2D eigenvalue weighted by molar-refractivity contribution is -0.0147. The van der Waals surface area contributed by atoms with Crippen molar-refractivity contribution in [3.63, 3.8) is 0 Å². The molecule has 3 nitrogen and oxygen atoms in total. The molecule has 1 heterocycles. The summed E-state index contributed by atoms with van der Waals surface area (Å²) >= 11 is 0. The van der Waals surface area contributed by atoms with E-state index in [1.807, 2.05) is 6.92 Å². The van der Waals surface area contributed by atoms with Gasteiger partial charge in [0.25, 0.3) is 0 Å². The number of aliphatic hydroxyl groups excluding tert-OH is 1. The van der Waals surface area contributed by atoms with Crippen LogP contribution < -0.4 is 0 Å². The molecule has 2 saturated carbocycles. The molecule has 0 aromatic rings. The van der Waals surface area contributed by atoms with Crippen LogP contribution in [0.15, 0.2) is 23.5 Å². The van der Waals surface area contributed by atoms with Gasteiger partial charge in [0.1, 0.15) is 11.2 Å². The lowest BCUT2D eigenvalue weighted by Crippen LogP contribution is -2.54. The van der Waals surface area contributed by atoms with E-state index in [9.17, 15) is 5.11 Å². The molecule has 0 aromatic carbocycles. The summed E-state index contributed by atoms with van der Waals surface area (Å²) in [6, 6.07) is 0. The van der Waals surface area contributed by atoms with Crippen molar-refractivity contribution in [3.05, 3.63) is 23.5 Å². The number of ether oxygens (including phenoxy) is 1. The zero-order valence-electron chi connectivity index (χ0n) is 19.2. The third kappa shape index (κ3) is 2.66. The molecule has 0 spiro atoms. The third-order valence-electron chi connectivity index (χ3n) is 9.08. The minimum Gasteiger partial charge on any atom is -0.512 e. The van der Waals surface area contributed by atoms with E-state index in [2.05, 4.69) is 59.9 Å². The number of allylic oxidation sites excluding steroid dienone is 3. The first kappa shape index (κ1) is 20.7. The van der Waals surface area contributed by atoms with Gasteiger partial charge >= 0.3 is 0 Å². The highest BCUT2D eigenvalue weighted by Gasteiger charge is 2.78. The normalized spacial score (nSPS) is 42.4. The molecule has 158 valence electrons. The van der Waals surface area contributed by atoms with Gasteiger partial charge in [-0.05, 0) is 55.3 Å². The van der Waals surface area contributed by atoms with Crippen LogP contribution in [0.2, 0.25) is 18.1 Å². The zero-order chi connectivity index (χ0) is 20.8. The van der Waals surface area contributed by atoms with Crippen molar-refractivity contribution in [2.24, 2.45) is 17.3 Å².